The van der Waals surface area contributed by atoms with Crippen molar-refractivity contribution in [3.05, 3.63) is 33.8 Å². The summed E-state index contributed by atoms with van der Waals surface area (Å²) in [6, 6.07) is 3.54. The molecule has 8 heteroatoms. The minimum Gasteiger partial charge on any atom is -0.481 e. The number of halogens is 1. The molecule has 0 aliphatic carbocycles. The first-order chi connectivity index (χ1) is 14.0. The third-order valence-corrected chi connectivity index (χ3v) is 5.19. The molecule has 0 radical (unpaired) electrons. The van der Waals surface area contributed by atoms with Crippen LogP contribution < -0.4 is 0 Å². The van der Waals surface area contributed by atoms with Gasteiger partial charge in [0.25, 0.3) is 0 Å². The number of aryl methyl sites for hydroxylation is 1. The molecule has 1 aliphatic rings. The van der Waals surface area contributed by atoms with Crippen LogP contribution in [0.25, 0.3) is 0 Å². The summed E-state index contributed by atoms with van der Waals surface area (Å²) in [6.45, 7) is 9.24. The number of likely N-dealkylation sites (tertiary alicyclic amines) is 1. The van der Waals surface area contributed by atoms with Crippen molar-refractivity contribution in [2.75, 3.05) is 19.7 Å². The average Bonchev–Trinajstić information content (AvgIpc) is 3.06. The highest BCUT2D eigenvalue weighted by Crippen LogP contribution is 2.39. The summed E-state index contributed by atoms with van der Waals surface area (Å²) in [5.41, 5.74) is 0.878. The largest absolute Gasteiger partial charge is 0.481 e. The number of carbonyl (C=O) groups excluding carboxylic acids is 2. The van der Waals surface area contributed by atoms with Gasteiger partial charge in [0, 0.05) is 19.0 Å². The number of esters is 1. The van der Waals surface area contributed by atoms with Crippen molar-refractivity contribution in [3.63, 3.8) is 0 Å². The maximum absolute atomic E-state index is 12.6. The molecular weight excluding hydrogens is 410 g/mol. The molecule has 2 atom stereocenters. The molecule has 30 heavy (non-hydrogen) atoms. The zero-order valence-electron chi connectivity index (χ0n) is 18.2. The number of carboxylic acids is 1. The Balaban J connectivity index is 2.51. The van der Waals surface area contributed by atoms with Gasteiger partial charge in [-0.3, -0.25) is 4.79 Å². The summed E-state index contributed by atoms with van der Waals surface area (Å²) < 4.78 is 10.6. The number of benzene rings is 1. The van der Waals surface area contributed by atoms with E-state index in [1.54, 1.807) is 33.8 Å². The molecule has 7 nitrogen and oxygen atoms in total. The van der Waals surface area contributed by atoms with E-state index in [2.05, 4.69) is 0 Å². The Bertz CT molecular complexity index is 817. The standard InChI is InChI=1S/C22H30ClNO6/c1-6-8-13-9-14(18(17(23)10-13)20(27)29-7-2)15-11-24(12-16(15)19(25)26)21(28)30-22(3,4)5/h9-10,15-16H,6-8,11-12H2,1-5H3,(H,25,26)/t15-,16+/m1/s1. The highest BCUT2D eigenvalue weighted by molar-refractivity contribution is 6.33. The van der Waals surface area contributed by atoms with E-state index in [9.17, 15) is 19.5 Å². The van der Waals surface area contributed by atoms with Gasteiger partial charge in [0.1, 0.15) is 5.60 Å². The second kappa shape index (κ2) is 9.69. The Morgan fingerprint density at radius 3 is 2.40 bits per heavy atom. The van der Waals surface area contributed by atoms with E-state index in [1.165, 1.54) is 4.90 Å². The van der Waals surface area contributed by atoms with Crippen LogP contribution in [-0.4, -0.2) is 53.3 Å². The lowest BCUT2D eigenvalue weighted by Crippen LogP contribution is -2.35. The Labute approximate surface area is 182 Å². The third kappa shape index (κ3) is 5.65. The molecule has 1 heterocycles. The molecule has 0 aromatic heterocycles. The summed E-state index contributed by atoms with van der Waals surface area (Å²) >= 11 is 6.44. The van der Waals surface area contributed by atoms with Crippen molar-refractivity contribution >= 4 is 29.6 Å². The maximum atomic E-state index is 12.6. The minimum absolute atomic E-state index is 0.00714. The first-order valence-electron chi connectivity index (χ1n) is 10.2. The van der Waals surface area contributed by atoms with Gasteiger partial charge in [-0.05, 0) is 51.3 Å². The minimum atomic E-state index is -1.04. The second-order valence-corrected chi connectivity index (χ2v) is 8.86. The van der Waals surface area contributed by atoms with Gasteiger partial charge in [-0.2, -0.15) is 0 Å². The van der Waals surface area contributed by atoms with E-state index in [-0.39, 0.29) is 30.3 Å². The fraction of sp³-hybridized carbons (Fsp3) is 0.591. The maximum Gasteiger partial charge on any atom is 0.410 e. The summed E-state index contributed by atoms with van der Waals surface area (Å²) in [4.78, 5) is 38.6. The van der Waals surface area contributed by atoms with Crippen LogP contribution in [0.1, 0.15) is 68.4 Å². The predicted molar refractivity (Wildman–Crippen MR) is 113 cm³/mol. The van der Waals surface area contributed by atoms with Crippen LogP contribution >= 0.6 is 11.6 Å². The van der Waals surface area contributed by atoms with Crippen LogP contribution in [0, 0.1) is 5.92 Å². The number of carbonyl (C=O) groups is 3. The summed E-state index contributed by atoms with van der Waals surface area (Å²) in [6.07, 6.45) is 1.02. The van der Waals surface area contributed by atoms with Crippen LogP contribution in [0.4, 0.5) is 4.79 Å². The number of aliphatic carboxylic acids is 1. The van der Waals surface area contributed by atoms with E-state index >= 15 is 0 Å². The molecule has 0 spiro atoms. The highest BCUT2D eigenvalue weighted by atomic mass is 35.5. The Hall–Kier alpha value is -2.28. The zero-order chi connectivity index (χ0) is 22.6. The van der Waals surface area contributed by atoms with Crippen molar-refractivity contribution in [2.45, 2.75) is 59.0 Å². The molecule has 1 aromatic carbocycles. The number of hydrogen-bond acceptors (Lipinski definition) is 5. The summed E-state index contributed by atoms with van der Waals surface area (Å²) in [7, 11) is 0. The smallest absolute Gasteiger partial charge is 0.410 e. The number of hydrogen-bond donors (Lipinski definition) is 1. The van der Waals surface area contributed by atoms with Crippen LogP contribution in [0.2, 0.25) is 5.02 Å². The zero-order valence-corrected chi connectivity index (χ0v) is 18.9. The van der Waals surface area contributed by atoms with Gasteiger partial charge in [-0.1, -0.05) is 31.0 Å². The van der Waals surface area contributed by atoms with Gasteiger partial charge < -0.3 is 19.5 Å². The van der Waals surface area contributed by atoms with Gasteiger partial charge in [-0.25, -0.2) is 9.59 Å². The summed E-state index contributed by atoms with van der Waals surface area (Å²) in [5.74, 6) is -3.14. The first-order valence-corrected chi connectivity index (χ1v) is 10.6. The molecule has 1 amide bonds. The SMILES string of the molecule is CCCc1cc(Cl)c(C(=O)OCC)c([C@H]2CN(C(=O)OC(C)(C)C)C[C@@H]2C(=O)O)c1. The van der Waals surface area contributed by atoms with Crippen molar-refractivity contribution in [1.29, 1.82) is 0 Å². The average molecular weight is 440 g/mol. The van der Waals surface area contributed by atoms with E-state index in [0.717, 1.165) is 18.4 Å². The number of amides is 1. The molecular formula is C22H30ClNO6. The van der Waals surface area contributed by atoms with Gasteiger partial charge in [0.2, 0.25) is 0 Å². The van der Waals surface area contributed by atoms with E-state index in [0.29, 0.717) is 5.56 Å². The normalized spacial score (nSPS) is 18.9. The van der Waals surface area contributed by atoms with Crippen LogP contribution in [0.5, 0.6) is 0 Å². The van der Waals surface area contributed by atoms with Crippen LogP contribution in [0.15, 0.2) is 12.1 Å². The molecule has 166 valence electrons. The monoisotopic (exact) mass is 439 g/mol. The molecule has 0 bridgehead atoms. The van der Waals surface area contributed by atoms with Crippen molar-refractivity contribution in [2.24, 2.45) is 5.92 Å². The summed E-state index contributed by atoms with van der Waals surface area (Å²) in [5, 5.41) is 10.1. The topological polar surface area (TPSA) is 93.1 Å². The first kappa shape index (κ1) is 24.0. The van der Waals surface area contributed by atoms with Crippen molar-refractivity contribution in [1.82, 2.24) is 4.90 Å². The second-order valence-electron chi connectivity index (χ2n) is 8.45. The molecule has 1 fully saturated rings. The third-order valence-electron chi connectivity index (χ3n) is 4.89. The molecule has 0 saturated carbocycles. The lowest BCUT2D eigenvalue weighted by molar-refractivity contribution is -0.141. The number of nitrogens with zero attached hydrogens (tertiary/aromatic N) is 1. The Kier molecular flexibility index (Phi) is 7.75. The fourth-order valence-electron chi connectivity index (χ4n) is 3.68. The molecule has 1 saturated heterocycles. The molecule has 1 aliphatic heterocycles. The van der Waals surface area contributed by atoms with Crippen LogP contribution in [0.3, 0.4) is 0 Å². The Morgan fingerprint density at radius 1 is 1.20 bits per heavy atom. The van der Waals surface area contributed by atoms with Crippen molar-refractivity contribution < 1.29 is 29.0 Å². The van der Waals surface area contributed by atoms with E-state index < -0.39 is 35.5 Å². The quantitative estimate of drug-likeness (QED) is 0.655. The molecule has 2 rings (SSSR count). The van der Waals surface area contributed by atoms with E-state index in [4.69, 9.17) is 21.1 Å². The number of ether oxygens (including phenoxy) is 2. The lowest BCUT2D eigenvalue weighted by atomic mass is 9.84. The van der Waals surface area contributed by atoms with Crippen LogP contribution in [-0.2, 0) is 20.7 Å². The van der Waals surface area contributed by atoms with Gasteiger partial charge in [0.15, 0.2) is 0 Å². The number of carboxylic acid groups (broad SMARTS) is 1. The Morgan fingerprint density at radius 2 is 1.87 bits per heavy atom. The molecule has 0 unspecified atom stereocenters. The number of rotatable bonds is 6. The van der Waals surface area contributed by atoms with E-state index in [1.807, 2.05) is 13.0 Å². The predicted octanol–water partition coefficient (Wildman–Crippen LogP) is 4.50. The lowest BCUT2D eigenvalue weighted by Gasteiger charge is -2.24. The van der Waals surface area contributed by atoms with Gasteiger partial charge >= 0.3 is 18.0 Å². The fourth-order valence-corrected chi connectivity index (χ4v) is 4.00. The molecule has 1 aromatic rings. The molecule has 1 N–H and O–H groups in total. The highest BCUT2D eigenvalue weighted by Gasteiger charge is 2.43. The van der Waals surface area contributed by atoms with Gasteiger partial charge in [-0.15, -0.1) is 0 Å². The van der Waals surface area contributed by atoms with Crippen molar-refractivity contribution in [3.8, 4) is 0 Å². The van der Waals surface area contributed by atoms with Gasteiger partial charge in [0.05, 0.1) is 23.1 Å².